The monoisotopic (exact) mass is 721 g/mol. The number of hydrogen-bond acceptors (Lipinski definition) is 5. The maximum atomic E-state index is 13.7. The summed E-state index contributed by atoms with van der Waals surface area (Å²) in [5.74, 6) is 2.13. The second-order valence-electron chi connectivity index (χ2n) is 14.1. The van der Waals surface area contributed by atoms with E-state index < -0.39 is 0 Å². The zero-order chi connectivity index (χ0) is 36.6. The number of imidazole rings is 1. The van der Waals surface area contributed by atoms with Crippen molar-refractivity contribution in [2.75, 3.05) is 38.2 Å². The number of rotatable bonds is 19. The molecule has 3 aromatic carbocycles. The lowest BCUT2D eigenvalue weighted by atomic mass is 9.97. The predicted molar refractivity (Wildman–Crippen MR) is 215 cm³/mol. The van der Waals surface area contributed by atoms with Crippen LogP contribution in [-0.2, 0) is 28.4 Å². The number of amides is 1. The molecular weight excluding hydrogens is 665 g/mol. The summed E-state index contributed by atoms with van der Waals surface area (Å²) >= 11 is 1.78. The van der Waals surface area contributed by atoms with E-state index in [1.807, 2.05) is 24.7 Å². The van der Waals surface area contributed by atoms with E-state index in [1.54, 1.807) is 11.8 Å². The van der Waals surface area contributed by atoms with Crippen molar-refractivity contribution < 1.29 is 18.8 Å². The molecule has 0 spiro atoms. The molecule has 1 aliphatic heterocycles. The third-order valence-corrected chi connectivity index (χ3v) is 10.4. The molecule has 1 atom stereocenters. The van der Waals surface area contributed by atoms with Crippen molar-refractivity contribution >= 4 is 29.1 Å². The molecule has 1 unspecified atom stereocenters. The Hall–Kier alpha value is -4.11. The highest BCUT2D eigenvalue weighted by molar-refractivity contribution is 7.98. The number of thioether (sulfide) groups is 1. The molecule has 2 heterocycles. The van der Waals surface area contributed by atoms with Gasteiger partial charge in [-0.3, -0.25) is 9.28 Å². The van der Waals surface area contributed by atoms with E-state index in [0.717, 1.165) is 103 Å². The summed E-state index contributed by atoms with van der Waals surface area (Å²) in [4.78, 5) is 19.2. The quantitative estimate of drug-likeness (QED) is 0.0593. The molecule has 7 nitrogen and oxygen atoms in total. The second kappa shape index (κ2) is 20.2. The molecule has 0 aliphatic carbocycles. The number of nitrogens with one attached hydrogen (secondary N) is 1. The van der Waals surface area contributed by atoms with Gasteiger partial charge in [-0.1, -0.05) is 64.4 Å². The van der Waals surface area contributed by atoms with Crippen molar-refractivity contribution in [1.29, 1.82) is 0 Å². The lowest BCUT2D eigenvalue weighted by Crippen LogP contribution is -2.49. The van der Waals surface area contributed by atoms with Crippen molar-refractivity contribution in [2.45, 2.75) is 83.5 Å². The predicted octanol–water partition coefficient (Wildman–Crippen LogP) is 10.2. The smallest absolute Gasteiger partial charge is 0.251 e. The van der Waals surface area contributed by atoms with Crippen molar-refractivity contribution in [2.24, 2.45) is 5.92 Å². The number of hydrogen-bond donors (Lipinski definition) is 1. The molecule has 0 saturated carbocycles. The zero-order valence-electron chi connectivity index (χ0n) is 31.6. The van der Waals surface area contributed by atoms with E-state index in [-0.39, 0.29) is 5.91 Å². The number of nitrogens with zero attached hydrogens (tertiary/aromatic N) is 3. The van der Waals surface area contributed by atoms with E-state index in [9.17, 15) is 4.79 Å². The summed E-state index contributed by atoms with van der Waals surface area (Å²) in [6.45, 7) is 14.6. The van der Waals surface area contributed by atoms with Gasteiger partial charge in [-0.05, 0) is 73.9 Å². The average Bonchev–Trinajstić information content (AvgIpc) is 3.59. The lowest BCUT2D eigenvalue weighted by molar-refractivity contribution is -0.876. The van der Waals surface area contributed by atoms with Crippen LogP contribution in [0.2, 0.25) is 0 Å². The Labute approximate surface area is 315 Å². The van der Waals surface area contributed by atoms with E-state index in [1.165, 1.54) is 17.0 Å². The van der Waals surface area contributed by atoms with Crippen molar-refractivity contribution in [1.82, 2.24) is 9.55 Å². The number of aryl methyl sites for hydroxylation is 1. The topological polar surface area (TPSA) is 65.4 Å². The van der Waals surface area contributed by atoms with Gasteiger partial charge in [0.25, 0.3) is 5.91 Å². The lowest BCUT2D eigenvalue weighted by Gasteiger charge is -2.42. The minimum absolute atomic E-state index is 0.0451. The fraction of sp³-hybridized carbons (Fsp3) is 0.409. The first-order valence-electron chi connectivity index (χ1n) is 19.0. The molecule has 1 aromatic heterocycles. The molecule has 1 amide bonds. The van der Waals surface area contributed by atoms with Crippen LogP contribution in [0.4, 0.5) is 5.69 Å². The Bertz CT molecular complexity index is 1730. The SMILES string of the molecule is CCCCOCCOc1ccc(C2=CC=C(C(=O)Nc3ccc(SCc4cncn4CCC)cc3)CCC[N+]2(Cc2ccccc2)CC(C)C)cc1. The van der Waals surface area contributed by atoms with Gasteiger partial charge in [0.2, 0.25) is 0 Å². The van der Waals surface area contributed by atoms with E-state index >= 15 is 0 Å². The summed E-state index contributed by atoms with van der Waals surface area (Å²) in [5, 5.41) is 3.18. The molecule has 0 saturated heterocycles. The largest absolute Gasteiger partial charge is 0.491 e. The van der Waals surface area contributed by atoms with Gasteiger partial charge in [0.1, 0.15) is 24.6 Å². The van der Waals surface area contributed by atoms with E-state index in [0.29, 0.717) is 19.1 Å². The van der Waals surface area contributed by atoms with Gasteiger partial charge in [-0.15, -0.1) is 11.8 Å². The number of carbonyl (C=O) groups excluding carboxylic acids is 1. The van der Waals surface area contributed by atoms with Gasteiger partial charge >= 0.3 is 0 Å². The van der Waals surface area contributed by atoms with Gasteiger partial charge in [0.05, 0.1) is 26.0 Å². The maximum absolute atomic E-state index is 13.7. The minimum Gasteiger partial charge on any atom is -0.491 e. The number of carbonyl (C=O) groups is 1. The zero-order valence-corrected chi connectivity index (χ0v) is 32.4. The van der Waals surface area contributed by atoms with E-state index in [2.05, 4.69) is 121 Å². The standard InChI is InChI=1S/C44H56N4O3S/c1-5-7-27-50-28-29-51-41-20-15-37(16-21-41)43-24-17-38(14-11-26-48(43,31-35(3)4)32-36-12-9-8-10-13-36)44(49)46-39-18-22-42(23-19-39)52-33-40-30-45-34-47(40)25-6-2/h8-10,12-13,15-24,30,34-35H,5-7,11,14,25-29,31-33H2,1-4H3/p+1. The van der Waals surface area contributed by atoms with Crippen LogP contribution in [0.5, 0.6) is 5.75 Å². The van der Waals surface area contributed by atoms with Gasteiger partial charge in [0, 0.05) is 76.5 Å². The third kappa shape index (κ3) is 11.4. The van der Waals surface area contributed by atoms with Gasteiger partial charge in [0.15, 0.2) is 0 Å². The number of unbranched alkanes of at least 4 members (excludes halogenated alkanes) is 1. The van der Waals surface area contributed by atoms with Crippen molar-refractivity contribution in [3.63, 3.8) is 0 Å². The molecular formula is C44H57N4O3S+. The molecule has 5 rings (SSSR count). The number of benzene rings is 3. The Morgan fingerprint density at radius 1 is 0.942 bits per heavy atom. The van der Waals surface area contributed by atoms with Crippen LogP contribution < -0.4 is 10.1 Å². The summed E-state index contributed by atoms with van der Waals surface area (Å²) < 4.78 is 14.7. The molecule has 52 heavy (non-hydrogen) atoms. The van der Waals surface area contributed by atoms with Gasteiger partial charge in [-0.2, -0.15) is 0 Å². The fourth-order valence-corrected chi connectivity index (χ4v) is 7.81. The van der Waals surface area contributed by atoms with Crippen LogP contribution in [0.3, 0.4) is 0 Å². The fourth-order valence-electron chi connectivity index (χ4n) is 6.93. The van der Waals surface area contributed by atoms with E-state index in [4.69, 9.17) is 9.47 Å². The minimum atomic E-state index is -0.0451. The first-order valence-corrected chi connectivity index (χ1v) is 20.0. The summed E-state index contributed by atoms with van der Waals surface area (Å²) in [6, 6.07) is 27.4. The summed E-state index contributed by atoms with van der Waals surface area (Å²) in [5.41, 5.74) is 6.50. The molecule has 0 fully saturated rings. The number of anilines is 1. The highest BCUT2D eigenvalue weighted by atomic mass is 32.2. The molecule has 4 aromatic rings. The van der Waals surface area contributed by atoms with Crippen molar-refractivity contribution in [3.05, 3.63) is 126 Å². The molecule has 276 valence electrons. The van der Waals surface area contributed by atoms with Crippen LogP contribution in [-0.4, -0.2) is 52.9 Å². The Morgan fingerprint density at radius 3 is 2.46 bits per heavy atom. The summed E-state index contributed by atoms with van der Waals surface area (Å²) in [7, 11) is 0. The number of allylic oxidation sites excluding steroid dienone is 2. The first-order chi connectivity index (χ1) is 25.4. The highest BCUT2D eigenvalue weighted by Gasteiger charge is 2.36. The van der Waals surface area contributed by atoms with Crippen LogP contribution >= 0.6 is 11.8 Å². The molecule has 0 radical (unpaired) electrons. The Balaban J connectivity index is 1.35. The Morgan fingerprint density at radius 2 is 1.73 bits per heavy atom. The third-order valence-electron chi connectivity index (χ3n) is 9.37. The molecule has 0 bridgehead atoms. The van der Waals surface area contributed by atoms with Crippen LogP contribution in [0.1, 0.15) is 76.6 Å². The van der Waals surface area contributed by atoms with Gasteiger partial charge < -0.3 is 19.4 Å². The average molecular weight is 722 g/mol. The molecule has 1 N–H and O–H groups in total. The van der Waals surface area contributed by atoms with Crippen LogP contribution in [0, 0.1) is 5.92 Å². The Kier molecular flexibility index (Phi) is 15.2. The molecule has 8 heteroatoms. The normalized spacial score (nSPS) is 16.2. The second-order valence-corrected chi connectivity index (χ2v) is 15.2. The van der Waals surface area contributed by atoms with Crippen molar-refractivity contribution in [3.8, 4) is 5.75 Å². The van der Waals surface area contributed by atoms with Gasteiger partial charge in [-0.25, -0.2) is 4.98 Å². The highest BCUT2D eigenvalue weighted by Crippen LogP contribution is 2.36. The number of quaternary nitrogens is 1. The maximum Gasteiger partial charge on any atom is 0.251 e. The molecule has 1 aliphatic rings. The number of ether oxygens (including phenoxy) is 2. The first kappa shape index (κ1) is 39.1. The van der Waals surface area contributed by atoms with Crippen LogP contribution in [0.25, 0.3) is 5.70 Å². The summed E-state index contributed by atoms with van der Waals surface area (Å²) in [6.07, 6.45) is 13.0. The van der Waals surface area contributed by atoms with Crippen LogP contribution in [0.15, 0.2) is 114 Å². The number of aromatic nitrogens is 2.